The molecule has 0 amide bonds. The van der Waals surface area contributed by atoms with Crippen molar-refractivity contribution in [3.63, 3.8) is 0 Å². The Balaban J connectivity index is 2.01. The molecule has 0 radical (unpaired) electrons. The van der Waals surface area contributed by atoms with Gasteiger partial charge in [-0.25, -0.2) is 4.99 Å². The molecule has 2 unspecified atom stereocenters. The van der Waals surface area contributed by atoms with E-state index in [1.54, 1.807) is 0 Å². The van der Waals surface area contributed by atoms with E-state index in [9.17, 15) is 0 Å². The highest BCUT2D eigenvalue weighted by atomic mass is 16.5. The van der Waals surface area contributed by atoms with Crippen molar-refractivity contribution in [2.24, 2.45) is 16.6 Å². The number of rotatable bonds is 1. The number of hydrogen-bond donors (Lipinski definition) is 1. The highest BCUT2D eigenvalue weighted by Gasteiger charge is 2.37. The highest BCUT2D eigenvalue weighted by molar-refractivity contribution is 5.73. The lowest BCUT2D eigenvalue weighted by Crippen LogP contribution is -2.27. The van der Waals surface area contributed by atoms with E-state index in [2.05, 4.69) is 11.9 Å². The number of ether oxygens (including phenoxy) is 1. The molecule has 3 nitrogen and oxygen atoms in total. The Bertz CT molecular complexity index is 239. The Hall–Kier alpha value is -0.730. The van der Waals surface area contributed by atoms with Gasteiger partial charge in [-0.1, -0.05) is 26.2 Å². The smallest absolute Gasteiger partial charge is 0.282 e. The minimum atomic E-state index is 0.0496. The fraction of sp³-hybridized carbons (Fsp3) is 0.909. The van der Waals surface area contributed by atoms with Gasteiger partial charge in [-0.2, -0.15) is 0 Å². The third-order valence-corrected chi connectivity index (χ3v) is 3.69. The zero-order valence-electron chi connectivity index (χ0n) is 8.96. The van der Waals surface area contributed by atoms with Gasteiger partial charge in [-0.3, -0.25) is 0 Å². The third-order valence-electron chi connectivity index (χ3n) is 3.69. The topological polar surface area (TPSA) is 47.6 Å². The Kier molecular flexibility index (Phi) is 2.66. The molecular weight excluding hydrogens is 176 g/mol. The van der Waals surface area contributed by atoms with E-state index < -0.39 is 0 Å². The number of nitrogens with zero attached hydrogens (tertiary/aromatic N) is 1. The summed E-state index contributed by atoms with van der Waals surface area (Å²) in [6, 6.07) is 0.403. The summed E-state index contributed by atoms with van der Waals surface area (Å²) in [5.74, 6) is 0.895. The first-order valence-electron chi connectivity index (χ1n) is 5.72. The minimum Gasteiger partial charge on any atom is -0.463 e. The second-order valence-corrected chi connectivity index (χ2v) is 4.67. The van der Waals surface area contributed by atoms with Crippen molar-refractivity contribution < 1.29 is 4.74 Å². The van der Waals surface area contributed by atoms with Crippen molar-refractivity contribution in [1.82, 2.24) is 0 Å². The fourth-order valence-corrected chi connectivity index (χ4v) is 2.63. The zero-order chi connectivity index (χ0) is 10.0. The van der Waals surface area contributed by atoms with Gasteiger partial charge in [-0.15, -0.1) is 0 Å². The second kappa shape index (κ2) is 3.79. The van der Waals surface area contributed by atoms with Gasteiger partial charge in [0.05, 0.1) is 0 Å². The van der Waals surface area contributed by atoms with Crippen LogP contribution in [0.3, 0.4) is 0 Å². The summed E-state index contributed by atoms with van der Waals surface area (Å²) in [4.78, 5) is 4.48. The maximum absolute atomic E-state index is 5.59. The van der Waals surface area contributed by atoms with Crippen LogP contribution in [-0.4, -0.2) is 18.2 Å². The Labute approximate surface area is 85.7 Å². The van der Waals surface area contributed by atoms with Crippen molar-refractivity contribution in [1.29, 1.82) is 0 Å². The molecule has 1 fully saturated rings. The molecule has 14 heavy (non-hydrogen) atoms. The van der Waals surface area contributed by atoms with Crippen molar-refractivity contribution >= 4 is 6.02 Å². The lowest BCUT2D eigenvalue weighted by atomic mass is 9.91. The molecule has 2 rings (SSSR count). The molecule has 1 aliphatic carbocycles. The molecule has 1 heterocycles. The summed E-state index contributed by atoms with van der Waals surface area (Å²) in [5, 5.41) is 0. The standard InChI is InChI=1S/C11H20N2O/c1-2-9-4-3-6-11(7-5-9)8-14-10(12)13-11/h9H,2-8H2,1H3,(H2,12,13). The lowest BCUT2D eigenvalue weighted by molar-refractivity contribution is 0.232. The van der Waals surface area contributed by atoms with Crippen molar-refractivity contribution in [3.05, 3.63) is 0 Å². The molecule has 0 aromatic carbocycles. The van der Waals surface area contributed by atoms with Gasteiger partial charge in [0.25, 0.3) is 6.02 Å². The average Bonchev–Trinajstić information content (AvgIpc) is 2.44. The lowest BCUT2D eigenvalue weighted by Gasteiger charge is -2.21. The Morgan fingerprint density at radius 3 is 3.00 bits per heavy atom. The van der Waals surface area contributed by atoms with Gasteiger partial charge in [0.1, 0.15) is 12.1 Å². The van der Waals surface area contributed by atoms with E-state index in [1.165, 1.54) is 25.7 Å². The summed E-state index contributed by atoms with van der Waals surface area (Å²) >= 11 is 0. The number of aliphatic imine (C=N–C) groups is 1. The zero-order valence-corrected chi connectivity index (χ0v) is 8.96. The monoisotopic (exact) mass is 196 g/mol. The van der Waals surface area contributed by atoms with E-state index in [4.69, 9.17) is 10.5 Å². The molecule has 0 saturated heterocycles. The molecule has 2 aliphatic rings. The Morgan fingerprint density at radius 2 is 2.36 bits per heavy atom. The van der Waals surface area contributed by atoms with Crippen LogP contribution in [0.15, 0.2) is 4.99 Å². The number of amidine groups is 1. The molecule has 0 aromatic rings. The van der Waals surface area contributed by atoms with Gasteiger partial charge >= 0.3 is 0 Å². The van der Waals surface area contributed by atoms with Crippen LogP contribution in [0.4, 0.5) is 0 Å². The van der Waals surface area contributed by atoms with Crippen molar-refractivity contribution in [3.8, 4) is 0 Å². The summed E-state index contributed by atoms with van der Waals surface area (Å²) < 4.78 is 5.30. The third kappa shape index (κ3) is 1.86. The largest absolute Gasteiger partial charge is 0.463 e. The van der Waals surface area contributed by atoms with Crippen LogP contribution in [0.25, 0.3) is 0 Å². The normalized spacial score (nSPS) is 37.8. The van der Waals surface area contributed by atoms with Crippen LogP contribution in [0.1, 0.15) is 45.4 Å². The molecule has 3 heteroatoms. The van der Waals surface area contributed by atoms with Gasteiger partial charge in [0.15, 0.2) is 0 Å². The first kappa shape index (κ1) is 9.81. The highest BCUT2D eigenvalue weighted by Crippen LogP contribution is 2.36. The summed E-state index contributed by atoms with van der Waals surface area (Å²) in [7, 11) is 0. The van der Waals surface area contributed by atoms with Crippen LogP contribution in [0, 0.1) is 5.92 Å². The predicted molar refractivity (Wildman–Crippen MR) is 57.2 cm³/mol. The first-order valence-corrected chi connectivity index (χ1v) is 5.72. The van der Waals surface area contributed by atoms with Crippen LogP contribution in [-0.2, 0) is 4.74 Å². The van der Waals surface area contributed by atoms with Crippen molar-refractivity contribution in [2.45, 2.75) is 51.0 Å². The van der Waals surface area contributed by atoms with Crippen LogP contribution in [0.2, 0.25) is 0 Å². The predicted octanol–water partition coefficient (Wildman–Crippen LogP) is 2.06. The van der Waals surface area contributed by atoms with E-state index in [0.29, 0.717) is 6.02 Å². The van der Waals surface area contributed by atoms with Crippen LogP contribution < -0.4 is 5.73 Å². The van der Waals surface area contributed by atoms with E-state index in [0.717, 1.165) is 25.4 Å². The molecule has 2 N–H and O–H groups in total. The van der Waals surface area contributed by atoms with Gasteiger partial charge in [-0.05, 0) is 25.2 Å². The maximum Gasteiger partial charge on any atom is 0.282 e. The molecule has 1 saturated carbocycles. The minimum absolute atomic E-state index is 0.0496. The molecule has 2 atom stereocenters. The van der Waals surface area contributed by atoms with Crippen LogP contribution in [0.5, 0.6) is 0 Å². The second-order valence-electron chi connectivity index (χ2n) is 4.67. The van der Waals surface area contributed by atoms with E-state index >= 15 is 0 Å². The van der Waals surface area contributed by atoms with Gasteiger partial charge < -0.3 is 10.5 Å². The molecule has 1 aliphatic heterocycles. The Morgan fingerprint density at radius 1 is 1.50 bits per heavy atom. The molecule has 1 spiro atoms. The van der Waals surface area contributed by atoms with Gasteiger partial charge in [0.2, 0.25) is 0 Å². The fourth-order valence-electron chi connectivity index (χ4n) is 2.63. The SMILES string of the molecule is CCC1CCCC2(CC1)COC(N)=N2. The summed E-state index contributed by atoms with van der Waals surface area (Å²) in [6.07, 6.45) is 7.54. The van der Waals surface area contributed by atoms with Crippen LogP contribution >= 0.6 is 0 Å². The maximum atomic E-state index is 5.59. The summed E-state index contributed by atoms with van der Waals surface area (Å²) in [5.41, 5.74) is 5.64. The molecule has 80 valence electrons. The van der Waals surface area contributed by atoms with E-state index in [1.807, 2.05) is 0 Å². The number of nitrogens with two attached hydrogens (primary N) is 1. The molecule has 0 aromatic heterocycles. The number of hydrogen-bond acceptors (Lipinski definition) is 3. The first-order chi connectivity index (χ1) is 6.74. The molecular formula is C11H20N2O. The van der Waals surface area contributed by atoms with Gasteiger partial charge in [0, 0.05) is 0 Å². The van der Waals surface area contributed by atoms with Crippen molar-refractivity contribution in [2.75, 3.05) is 6.61 Å². The average molecular weight is 196 g/mol. The molecule has 0 bridgehead atoms. The van der Waals surface area contributed by atoms with E-state index in [-0.39, 0.29) is 5.54 Å². The quantitative estimate of drug-likeness (QED) is 0.697. The summed E-state index contributed by atoms with van der Waals surface area (Å²) in [6.45, 7) is 3.00.